The van der Waals surface area contributed by atoms with Crippen LogP contribution in [0, 0.1) is 13.7 Å². The van der Waals surface area contributed by atoms with Gasteiger partial charge < -0.3 is 14.9 Å². The summed E-state index contributed by atoms with van der Waals surface area (Å²) in [5.74, 6) is -2.56. The van der Waals surface area contributed by atoms with Crippen LogP contribution in [0.3, 0.4) is 0 Å². The van der Waals surface area contributed by atoms with Gasteiger partial charge in [-0.2, -0.15) is 0 Å². The van der Waals surface area contributed by atoms with Gasteiger partial charge in [-0.25, -0.2) is 0 Å². The molecule has 98 valence electrons. The van der Waals surface area contributed by atoms with E-state index < -0.39 is 33.7 Å². The van der Waals surface area contributed by atoms with Crippen LogP contribution in [0.1, 0.15) is 10.4 Å². The van der Waals surface area contributed by atoms with Crippen molar-refractivity contribution >= 4 is 45.3 Å². The fourth-order valence-electron chi connectivity index (χ4n) is 0.987. The molecular weight excluding hydrogens is 395 g/mol. The minimum atomic E-state index is -5.21. The number of ether oxygens (including phenoxy) is 1. The van der Waals surface area contributed by atoms with Crippen LogP contribution >= 0.6 is 34.2 Å². The lowest BCUT2D eigenvalue weighted by molar-refractivity contribution is -0.393. The highest BCUT2D eigenvalue weighted by Gasteiger charge is 2.38. The van der Waals surface area contributed by atoms with Crippen LogP contribution in [-0.4, -0.2) is 21.5 Å². The molecule has 0 aliphatic rings. The molecule has 0 unspecified atom stereocenters. The second-order valence-corrected chi connectivity index (χ2v) is 4.22. The maximum Gasteiger partial charge on any atom is 0.573 e. The van der Waals surface area contributed by atoms with E-state index in [2.05, 4.69) is 9.72 Å². The quantitative estimate of drug-likeness (QED) is 0.340. The lowest BCUT2D eigenvalue weighted by atomic mass is 10.2. The minimum absolute atomic E-state index is 0.0996. The van der Waals surface area contributed by atoms with Crippen molar-refractivity contribution in [3.63, 3.8) is 0 Å². The highest BCUT2D eigenvalue weighted by molar-refractivity contribution is 14.1. The number of halogens is 5. The van der Waals surface area contributed by atoms with Gasteiger partial charge in [-0.15, -0.1) is 13.2 Å². The number of hydrogen-bond acceptors (Lipinski definition) is 5. The Balaban J connectivity index is 3.53. The predicted molar refractivity (Wildman–Crippen MR) is 60.5 cm³/mol. The van der Waals surface area contributed by atoms with Crippen LogP contribution in [0.15, 0.2) is 6.20 Å². The zero-order valence-electron chi connectivity index (χ0n) is 7.99. The van der Waals surface area contributed by atoms with E-state index in [1.807, 2.05) is 0 Å². The van der Waals surface area contributed by atoms with E-state index in [1.54, 1.807) is 0 Å². The summed E-state index contributed by atoms with van der Waals surface area (Å²) in [6.45, 7) is 0. The smallest absolute Gasteiger partial charge is 0.396 e. The van der Waals surface area contributed by atoms with Gasteiger partial charge in [-0.05, 0) is 44.1 Å². The Morgan fingerprint density at radius 3 is 2.50 bits per heavy atom. The predicted octanol–water partition coefficient (Wildman–Crippen LogP) is 2.87. The molecule has 6 nitrogen and oxygen atoms in total. The van der Waals surface area contributed by atoms with Gasteiger partial charge >= 0.3 is 12.2 Å². The molecule has 0 aliphatic heterocycles. The molecule has 0 fully saturated rings. The molecular formula is C7HClF3IN2O4. The first kappa shape index (κ1) is 14.9. The first-order valence-electron chi connectivity index (χ1n) is 3.92. The van der Waals surface area contributed by atoms with Crippen molar-refractivity contribution < 1.29 is 27.6 Å². The molecule has 11 heteroatoms. The average molecular weight is 396 g/mol. The summed E-state index contributed by atoms with van der Waals surface area (Å²) in [4.78, 5) is 23.5. The molecule has 0 aromatic carbocycles. The molecule has 1 heterocycles. The third-order valence-electron chi connectivity index (χ3n) is 1.56. The summed E-state index contributed by atoms with van der Waals surface area (Å²) in [5.41, 5.74) is -0.753. The Kier molecular flexibility index (Phi) is 4.32. The van der Waals surface area contributed by atoms with Gasteiger partial charge in [0.2, 0.25) is 5.75 Å². The van der Waals surface area contributed by atoms with Crippen molar-refractivity contribution in [2.24, 2.45) is 0 Å². The van der Waals surface area contributed by atoms with Crippen molar-refractivity contribution in [1.82, 2.24) is 4.98 Å². The van der Waals surface area contributed by atoms with Gasteiger partial charge in [0.15, 0.2) is 6.20 Å². The fraction of sp³-hybridized carbons (Fsp3) is 0.143. The Bertz CT molecular complexity index is 522. The third-order valence-corrected chi connectivity index (χ3v) is 2.56. The molecule has 1 aromatic rings. The van der Waals surface area contributed by atoms with E-state index in [4.69, 9.17) is 11.6 Å². The van der Waals surface area contributed by atoms with E-state index >= 15 is 0 Å². The van der Waals surface area contributed by atoms with E-state index in [9.17, 15) is 28.1 Å². The molecule has 0 spiro atoms. The summed E-state index contributed by atoms with van der Waals surface area (Å²) >= 11 is 6.53. The zero-order valence-corrected chi connectivity index (χ0v) is 10.9. The van der Waals surface area contributed by atoms with Gasteiger partial charge in [0.1, 0.15) is 5.56 Å². The van der Waals surface area contributed by atoms with Crippen LogP contribution in [0.4, 0.5) is 19.0 Å². The Morgan fingerprint density at radius 2 is 2.11 bits per heavy atom. The fourth-order valence-corrected chi connectivity index (χ4v) is 1.96. The SMILES string of the molecule is O=C(Cl)c1c(I)cnc([N+](=O)[O-])c1OC(F)(F)F. The van der Waals surface area contributed by atoms with E-state index in [0.29, 0.717) is 0 Å². The van der Waals surface area contributed by atoms with Crippen LogP contribution in [0.2, 0.25) is 0 Å². The van der Waals surface area contributed by atoms with Crippen LogP contribution in [0.5, 0.6) is 5.75 Å². The van der Waals surface area contributed by atoms with Crippen molar-refractivity contribution in [3.05, 3.63) is 25.4 Å². The van der Waals surface area contributed by atoms with Crippen molar-refractivity contribution in [2.45, 2.75) is 6.36 Å². The molecule has 0 atom stereocenters. The third kappa shape index (κ3) is 3.41. The molecule has 0 aliphatic carbocycles. The number of nitrogens with zero attached hydrogens (tertiary/aromatic N) is 2. The Hall–Kier alpha value is -1.17. The average Bonchev–Trinajstić information content (AvgIpc) is 2.13. The molecule has 0 saturated carbocycles. The van der Waals surface area contributed by atoms with Crippen LogP contribution in [-0.2, 0) is 0 Å². The Labute approximate surface area is 115 Å². The number of aromatic nitrogens is 1. The lowest BCUT2D eigenvalue weighted by Gasteiger charge is -2.11. The molecule has 0 saturated heterocycles. The first-order chi connectivity index (χ1) is 8.13. The zero-order chi connectivity index (χ0) is 14.1. The number of rotatable bonds is 3. The molecule has 18 heavy (non-hydrogen) atoms. The number of nitro groups is 1. The normalized spacial score (nSPS) is 11.2. The number of hydrogen-bond donors (Lipinski definition) is 0. The van der Waals surface area contributed by atoms with Crippen molar-refractivity contribution in [1.29, 1.82) is 0 Å². The topological polar surface area (TPSA) is 82.3 Å². The first-order valence-corrected chi connectivity index (χ1v) is 5.37. The van der Waals surface area contributed by atoms with Crippen molar-refractivity contribution in [3.8, 4) is 5.75 Å². The largest absolute Gasteiger partial charge is 0.573 e. The lowest BCUT2D eigenvalue weighted by Crippen LogP contribution is -2.20. The molecule has 1 aromatic heterocycles. The monoisotopic (exact) mass is 396 g/mol. The molecule has 0 amide bonds. The second-order valence-electron chi connectivity index (χ2n) is 2.71. The minimum Gasteiger partial charge on any atom is -0.396 e. The maximum absolute atomic E-state index is 12.1. The van der Waals surface area contributed by atoms with Gasteiger partial charge in [-0.3, -0.25) is 4.79 Å². The van der Waals surface area contributed by atoms with Crippen LogP contribution < -0.4 is 4.74 Å². The van der Waals surface area contributed by atoms with Gasteiger partial charge in [-0.1, -0.05) is 0 Å². The highest BCUT2D eigenvalue weighted by atomic mass is 127. The number of carbonyl (C=O) groups excluding carboxylic acids is 1. The van der Waals surface area contributed by atoms with E-state index in [0.717, 1.165) is 6.20 Å². The summed E-state index contributed by atoms with van der Waals surface area (Å²) in [7, 11) is 0. The number of carbonyl (C=O) groups is 1. The van der Waals surface area contributed by atoms with Gasteiger partial charge in [0.25, 0.3) is 5.24 Å². The van der Waals surface area contributed by atoms with Gasteiger partial charge in [0, 0.05) is 0 Å². The summed E-state index contributed by atoms with van der Waals surface area (Å²) in [6.07, 6.45) is -4.37. The molecule has 0 bridgehead atoms. The number of pyridine rings is 1. The molecule has 0 radical (unpaired) electrons. The summed E-state index contributed by atoms with van der Waals surface area (Å²) < 4.78 is 39.7. The Morgan fingerprint density at radius 1 is 1.56 bits per heavy atom. The molecule has 0 N–H and O–H groups in total. The summed E-state index contributed by atoms with van der Waals surface area (Å²) in [6, 6.07) is 0. The standard InChI is InChI=1S/C7HClF3IN2O4/c8-5(15)3-2(12)1-13-6(14(16)17)4(3)18-7(9,10)11/h1H. The van der Waals surface area contributed by atoms with E-state index in [-0.39, 0.29) is 3.57 Å². The van der Waals surface area contributed by atoms with Gasteiger partial charge in [0.05, 0.1) is 3.57 Å². The van der Waals surface area contributed by atoms with E-state index in [1.165, 1.54) is 22.6 Å². The van der Waals surface area contributed by atoms with Crippen LogP contribution in [0.25, 0.3) is 0 Å². The second kappa shape index (κ2) is 5.22. The maximum atomic E-state index is 12.1. The number of alkyl halides is 3. The summed E-state index contributed by atoms with van der Waals surface area (Å²) in [5, 5.41) is 9.22. The van der Waals surface area contributed by atoms with Crippen molar-refractivity contribution in [2.75, 3.05) is 0 Å². The highest BCUT2D eigenvalue weighted by Crippen LogP contribution is 2.36. The molecule has 1 rings (SSSR count).